The fraction of sp³-hybridized carbons (Fsp3) is 0.211. The van der Waals surface area contributed by atoms with Gasteiger partial charge in [0.25, 0.3) is 0 Å². The van der Waals surface area contributed by atoms with E-state index in [9.17, 15) is 18.0 Å². The van der Waals surface area contributed by atoms with Crippen molar-refractivity contribution in [3.05, 3.63) is 82.9 Å². The minimum Gasteiger partial charge on any atom is -0.289 e. The topological polar surface area (TPSA) is 49.3 Å². The Morgan fingerprint density at radius 2 is 1.56 bits per heavy atom. The maximum absolute atomic E-state index is 12.9. The molecule has 2 rings (SSSR count). The Hall–Kier alpha value is -2.60. The number of benzene rings is 2. The van der Waals surface area contributed by atoms with Gasteiger partial charge in [0, 0.05) is 0 Å². The van der Waals surface area contributed by atoms with Crippen LogP contribution in [0.25, 0.3) is 0 Å². The highest BCUT2D eigenvalue weighted by Gasteiger charge is 2.32. The summed E-state index contributed by atoms with van der Waals surface area (Å²) in [6.45, 7) is 0. The van der Waals surface area contributed by atoms with E-state index in [1.165, 1.54) is 12.1 Å². The third-order valence-corrected chi connectivity index (χ3v) is 3.69. The van der Waals surface area contributed by atoms with E-state index in [0.717, 1.165) is 17.2 Å². The number of hydrogen-bond donors (Lipinski definition) is 2. The summed E-state index contributed by atoms with van der Waals surface area (Å²) in [5, 5.41) is 8.48. The first kappa shape index (κ1) is 18.7. The first-order chi connectivity index (χ1) is 11.9. The molecule has 0 radical (unpaired) electrons. The van der Waals surface area contributed by atoms with Crippen molar-refractivity contribution in [3.8, 4) is 0 Å². The molecule has 0 unspecified atom stereocenters. The fourth-order valence-electron chi connectivity index (χ4n) is 2.42. The molecule has 0 saturated carbocycles. The summed E-state index contributed by atoms with van der Waals surface area (Å²) in [7, 11) is 0. The first-order valence-electron chi connectivity index (χ1n) is 7.71. The number of alkyl halides is 3. The number of amides is 1. The standard InChI is InChI=1S/C19H18F3NO2/c20-19(21,22)17-8-4-3-7-16(17)6-2-1-5-14-9-11-15(12-10-14)13-18(24)23-25/h1-4,7-12,25H,5-6,13H2,(H,23,24)/b2-1+. The maximum atomic E-state index is 12.9. The van der Waals surface area contributed by atoms with Crippen molar-refractivity contribution in [2.75, 3.05) is 0 Å². The fourth-order valence-corrected chi connectivity index (χ4v) is 2.42. The molecule has 1 amide bonds. The maximum Gasteiger partial charge on any atom is 0.416 e. The molecule has 0 spiro atoms. The van der Waals surface area contributed by atoms with Crippen molar-refractivity contribution < 1.29 is 23.2 Å². The lowest BCUT2D eigenvalue weighted by Gasteiger charge is -2.10. The van der Waals surface area contributed by atoms with E-state index in [4.69, 9.17) is 5.21 Å². The van der Waals surface area contributed by atoms with E-state index in [2.05, 4.69) is 0 Å². The van der Waals surface area contributed by atoms with Gasteiger partial charge < -0.3 is 0 Å². The van der Waals surface area contributed by atoms with E-state index in [-0.39, 0.29) is 18.4 Å². The summed E-state index contributed by atoms with van der Waals surface area (Å²) in [5.74, 6) is -0.490. The SMILES string of the molecule is O=C(Cc1ccc(C/C=C/Cc2ccccc2C(F)(F)F)cc1)NO. The summed E-state index contributed by atoms with van der Waals surface area (Å²) in [6.07, 6.45) is 0.0767. The second-order valence-electron chi connectivity index (χ2n) is 5.56. The molecule has 2 aromatic carbocycles. The minimum atomic E-state index is -4.35. The van der Waals surface area contributed by atoms with Gasteiger partial charge in [-0.05, 0) is 35.6 Å². The number of nitrogens with one attached hydrogen (secondary N) is 1. The average molecular weight is 349 g/mol. The Kier molecular flexibility index (Phi) is 6.36. The molecular weight excluding hydrogens is 331 g/mol. The van der Waals surface area contributed by atoms with E-state index >= 15 is 0 Å². The summed E-state index contributed by atoms with van der Waals surface area (Å²) in [5.41, 5.74) is 2.95. The smallest absolute Gasteiger partial charge is 0.289 e. The van der Waals surface area contributed by atoms with Crippen molar-refractivity contribution in [1.29, 1.82) is 0 Å². The van der Waals surface area contributed by atoms with Crippen molar-refractivity contribution >= 4 is 5.91 Å². The summed E-state index contributed by atoms with van der Waals surface area (Å²) in [6, 6.07) is 12.8. The molecule has 132 valence electrons. The van der Waals surface area contributed by atoms with Gasteiger partial charge in [-0.25, -0.2) is 5.48 Å². The number of halogens is 3. The number of rotatable bonds is 6. The molecule has 25 heavy (non-hydrogen) atoms. The summed E-state index contributed by atoms with van der Waals surface area (Å²) < 4.78 is 38.7. The molecule has 0 fully saturated rings. The van der Waals surface area contributed by atoms with Crippen LogP contribution in [0.15, 0.2) is 60.7 Å². The van der Waals surface area contributed by atoms with Crippen molar-refractivity contribution in [2.24, 2.45) is 0 Å². The van der Waals surface area contributed by atoms with Crippen molar-refractivity contribution in [1.82, 2.24) is 5.48 Å². The highest BCUT2D eigenvalue weighted by atomic mass is 19.4. The van der Waals surface area contributed by atoms with Gasteiger partial charge in [0.1, 0.15) is 0 Å². The zero-order valence-corrected chi connectivity index (χ0v) is 13.4. The molecule has 0 aromatic heterocycles. The Morgan fingerprint density at radius 1 is 0.960 bits per heavy atom. The number of carbonyl (C=O) groups excluding carboxylic acids is 1. The predicted octanol–water partition coefficient (Wildman–Crippen LogP) is 4.09. The van der Waals surface area contributed by atoms with Crippen LogP contribution in [0, 0.1) is 0 Å². The molecule has 0 heterocycles. The van der Waals surface area contributed by atoms with Gasteiger partial charge in [-0.1, -0.05) is 54.6 Å². The van der Waals surface area contributed by atoms with Crippen LogP contribution in [0.1, 0.15) is 22.3 Å². The average Bonchev–Trinajstić information content (AvgIpc) is 2.59. The van der Waals surface area contributed by atoms with Crippen molar-refractivity contribution in [2.45, 2.75) is 25.4 Å². The highest BCUT2D eigenvalue weighted by Crippen LogP contribution is 2.32. The van der Waals surface area contributed by atoms with Gasteiger partial charge in [-0.3, -0.25) is 10.0 Å². The van der Waals surface area contributed by atoms with Crippen molar-refractivity contribution in [3.63, 3.8) is 0 Å². The zero-order valence-electron chi connectivity index (χ0n) is 13.4. The Morgan fingerprint density at radius 3 is 2.20 bits per heavy atom. The van der Waals surface area contributed by atoms with E-state index in [1.54, 1.807) is 29.8 Å². The quantitative estimate of drug-likeness (QED) is 0.469. The Bertz CT molecular complexity index is 737. The molecule has 0 saturated heterocycles. The van der Waals surface area contributed by atoms with Crippen LogP contribution >= 0.6 is 0 Å². The molecular formula is C19H18F3NO2. The molecule has 3 nitrogen and oxygen atoms in total. The summed E-state index contributed by atoms with van der Waals surface area (Å²) in [4.78, 5) is 11.1. The summed E-state index contributed by atoms with van der Waals surface area (Å²) >= 11 is 0. The van der Waals surface area contributed by atoms with E-state index in [0.29, 0.717) is 6.42 Å². The monoisotopic (exact) mass is 349 g/mol. The van der Waals surface area contributed by atoms with Crippen LogP contribution in [0.2, 0.25) is 0 Å². The van der Waals surface area contributed by atoms with Crippen LogP contribution in [-0.4, -0.2) is 11.1 Å². The first-order valence-corrected chi connectivity index (χ1v) is 7.71. The van der Waals surface area contributed by atoms with Crippen LogP contribution in [-0.2, 0) is 30.2 Å². The van der Waals surface area contributed by atoms with Crippen LogP contribution in [0.3, 0.4) is 0 Å². The van der Waals surface area contributed by atoms with Gasteiger partial charge in [-0.15, -0.1) is 0 Å². The lowest BCUT2D eigenvalue weighted by atomic mass is 10.0. The molecule has 2 N–H and O–H groups in total. The highest BCUT2D eigenvalue weighted by molar-refractivity contribution is 5.77. The zero-order chi connectivity index (χ0) is 18.3. The normalized spacial score (nSPS) is 11.7. The Labute approximate surface area is 143 Å². The molecule has 0 aliphatic carbocycles. The van der Waals surface area contributed by atoms with Gasteiger partial charge in [0.15, 0.2) is 0 Å². The van der Waals surface area contributed by atoms with Crippen LogP contribution in [0.4, 0.5) is 13.2 Å². The molecule has 0 bridgehead atoms. The van der Waals surface area contributed by atoms with E-state index < -0.39 is 17.6 Å². The minimum absolute atomic E-state index is 0.0842. The molecule has 0 atom stereocenters. The van der Waals surface area contributed by atoms with Crippen LogP contribution in [0.5, 0.6) is 0 Å². The number of hydrogen-bond acceptors (Lipinski definition) is 2. The molecule has 6 heteroatoms. The van der Waals surface area contributed by atoms with Gasteiger partial charge in [-0.2, -0.15) is 13.2 Å². The lowest BCUT2D eigenvalue weighted by Crippen LogP contribution is -2.20. The van der Waals surface area contributed by atoms with Crippen LogP contribution < -0.4 is 5.48 Å². The predicted molar refractivity (Wildman–Crippen MR) is 88.1 cm³/mol. The number of hydroxylamine groups is 1. The number of allylic oxidation sites excluding steroid dienone is 2. The number of carbonyl (C=O) groups is 1. The van der Waals surface area contributed by atoms with Gasteiger partial charge in [0.05, 0.1) is 12.0 Å². The second kappa shape index (κ2) is 8.48. The molecule has 0 aliphatic heterocycles. The molecule has 0 aliphatic rings. The lowest BCUT2D eigenvalue weighted by molar-refractivity contribution is -0.138. The molecule has 2 aromatic rings. The van der Waals surface area contributed by atoms with Gasteiger partial charge >= 0.3 is 6.18 Å². The Balaban J connectivity index is 1.93. The van der Waals surface area contributed by atoms with Gasteiger partial charge in [0.2, 0.25) is 5.91 Å². The second-order valence-corrected chi connectivity index (χ2v) is 5.56. The third-order valence-electron chi connectivity index (χ3n) is 3.69. The third kappa shape index (κ3) is 5.76. The van der Waals surface area contributed by atoms with E-state index in [1.807, 2.05) is 18.2 Å². The largest absolute Gasteiger partial charge is 0.416 e.